The number of para-hydroxylation sites is 1. The van der Waals surface area contributed by atoms with E-state index in [-0.39, 0.29) is 24.3 Å². The molecule has 2 aliphatic heterocycles. The number of rotatable bonds is 10. The summed E-state index contributed by atoms with van der Waals surface area (Å²) in [5.74, 6) is 0.667. The first kappa shape index (κ1) is 27.3. The molecule has 2 aliphatic rings. The number of hydrogen-bond acceptors (Lipinski definition) is 7. The van der Waals surface area contributed by atoms with Crippen LogP contribution in [0.3, 0.4) is 0 Å². The minimum absolute atomic E-state index is 0.0108. The molecule has 2 aromatic carbocycles. The summed E-state index contributed by atoms with van der Waals surface area (Å²) in [4.78, 5) is 45.3. The molecule has 0 unspecified atom stereocenters. The fraction of sp³-hybridized carbons (Fsp3) is 0.464. The number of amides is 3. The first-order valence-corrected chi connectivity index (χ1v) is 12.8. The van der Waals surface area contributed by atoms with Crippen molar-refractivity contribution >= 4 is 23.4 Å². The van der Waals surface area contributed by atoms with Crippen LogP contribution in [0.25, 0.3) is 0 Å². The van der Waals surface area contributed by atoms with Gasteiger partial charge in [0.2, 0.25) is 5.91 Å². The standard InChI is InChI=1S/C28H36N4O6/c1-36-15-7-12-29-25(33)19-31-20-32(22-8-5-4-6-9-22)28(27(31)35)10-13-30(14-11-28)26(34)21-16-23(37-2)18-24(17-21)38-3/h4-6,8-9,16-18H,7,10-15,19-20H2,1-3H3,(H,29,33). The summed E-state index contributed by atoms with van der Waals surface area (Å²) >= 11 is 0. The smallest absolute Gasteiger partial charge is 0.254 e. The fourth-order valence-electron chi connectivity index (χ4n) is 5.19. The van der Waals surface area contributed by atoms with Crippen molar-refractivity contribution in [3.8, 4) is 11.5 Å². The first-order chi connectivity index (χ1) is 18.4. The van der Waals surface area contributed by atoms with E-state index in [1.807, 2.05) is 30.3 Å². The van der Waals surface area contributed by atoms with Crippen molar-refractivity contribution in [1.29, 1.82) is 0 Å². The molecule has 0 saturated carbocycles. The Morgan fingerprint density at radius 1 is 0.974 bits per heavy atom. The van der Waals surface area contributed by atoms with Gasteiger partial charge in [-0.15, -0.1) is 0 Å². The van der Waals surface area contributed by atoms with E-state index >= 15 is 0 Å². The van der Waals surface area contributed by atoms with Crippen LogP contribution >= 0.6 is 0 Å². The summed E-state index contributed by atoms with van der Waals surface area (Å²) in [6.07, 6.45) is 1.62. The van der Waals surface area contributed by atoms with Gasteiger partial charge >= 0.3 is 0 Å². The van der Waals surface area contributed by atoms with E-state index in [4.69, 9.17) is 14.2 Å². The number of nitrogens with zero attached hydrogens (tertiary/aromatic N) is 3. The van der Waals surface area contributed by atoms with Crippen molar-refractivity contribution in [2.45, 2.75) is 24.8 Å². The molecule has 0 bridgehead atoms. The van der Waals surface area contributed by atoms with Gasteiger partial charge in [0.15, 0.2) is 0 Å². The van der Waals surface area contributed by atoms with E-state index in [0.29, 0.717) is 69.2 Å². The van der Waals surface area contributed by atoms with Gasteiger partial charge in [0, 0.05) is 50.7 Å². The van der Waals surface area contributed by atoms with E-state index in [0.717, 1.165) is 5.69 Å². The predicted molar refractivity (Wildman–Crippen MR) is 142 cm³/mol. The van der Waals surface area contributed by atoms with Gasteiger partial charge in [-0.1, -0.05) is 18.2 Å². The zero-order chi connectivity index (χ0) is 27.1. The van der Waals surface area contributed by atoms with Gasteiger partial charge in [0.1, 0.15) is 23.6 Å². The van der Waals surface area contributed by atoms with Crippen LogP contribution in [0.1, 0.15) is 29.6 Å². The Balaban J connectivity index is 1.50. The summed E-state index contributed by atoms with van der Waals surface area (Å²) < 4.78 is 15.7. The molecule has 2 fully saturated rings. The first-order valence-electron chi connectivity index (χ1n) is 12.8. The van der Waals surface area contributed by atoms with Crippen LogP contribution in [0.2, 0.25) is 0 Å². The minimum atomic E-state index is -0.819. The molecule has 0 aliphatic carbocycles. The summed E-state index contributed by atoms with van der Waals surface area (Å²) in [6.45, 7) is 2.17. The van der Waals surface area contributed by atoms with Crippen molar-refractivity contribution < 1.29 is 28.6 Å². The second-order valence-electron chi connectivity index (χ2n) is 9.53. The van der Waals surface area contributed by atoms with Crippen molar-refractivity contribution in [2.24, 2.45) is 0 Å². The normalized spacial score (nSPS) is 16.6. The maximum Gasteiger partial charge on any atom is 0.254 e. The lowest BCUT2D eigenvalue weighted by Crippen LogP contribution is -2.57. The highest BCUT2D eigenvalue weighted by molar-refractivity contribution is 5.98. The Labute approximate surface area is 223 Å². The van der Waals surface area contributed by atoms with Gasteiger partial charge in [0.25, 0.3) is 11.8 Å². The molecule has 2 saturated heterocycles. The Hall–Kier alpha value is -3.79. The van der Waals surface area contributed by atoms with E-state index in [9.17, 15) is 14.4 Å². The van der Waals surface area contributed by atoms with Crippen LogP contribution in [0.5, 0.6) is 11.5 Å². The number of carbonyl (C=O) groups is 3. The number of anilines is 1. The second-order valence-corrected chi connectivity index (χ2v) is 9.53. The number of methoxy groups -OCH3 is 3. The topological polar surface area (TPSA) is 101 Å². The maximum absolute atomic E-state index is 13.8. The summed E-state index contributed by atoms with van der Waals surface area (Å²) in [6, 6.07) is 14.9. The van der Waals surface area contributed by atoms with Crippen LogP contribution in [0.4, 0.5) is 5.69 Å². The van der Waals surface area contributed by atoms with E-state index in [1.165, 1.54) is 0 Å². The number of likely N-dealkylation sites (tertiary alicyclic amines) is 1. The zero-order valence-corrected chi connectivity index (χ0v) is 22.3. The summed E-state index contributed by atoms with van der Waals surface area (Å²) in [5, 5.41) is 2.86. The lowest BCUT2D eigenvalue weighted by molar-refractivity contribution is -0.137. The van der Waals surface area contributed by atoms with Gasteiger partial charge < -0.3 is 34.2 Å². The van der Waals surface area contributed by atoms with Gasteiger partial charge in [-0.3, -0.25) is 14.4 Å². The number of carbonyl (C=O) groups excluding carboxylic acids is 3. The van der Waals surface area contributed by atoms with Crippen LogP contribution in [0.15, 0.2) is 48.5 Å². The van der Waals surface area contributed by atoms with Crippen molar-refractivity contribution in [1.82, 2.24) is 15.1 Å². The quantitative estimate of drug-likeness (QED) is 0.476. The Morgan fingerprint density at radius 3 is 2.24 bits per heavy atom. The highest BCUT2D eigenvalue weighted by Gasteiger charge is 2.54. The number of nitrogens with one attached hydrogen (secondary N) is 1. The molecule has 0 aromatic heterocycles. The van der Waals surface area contributed by atoms with Gasteiger partial charge in [-0.05, 0) is 43.5 Å². The average molecular weight is 525 g/mol. The molecule has 4 rings (SSSR count). The number of hydrogen-bond donors (Lipinski definition) is 1. The Bertz CT molecular complexity index is 1110. The largest absolute Gasteiger partial charge is 0.497 e. The number of benzene rings is 2. The molecule has 1 N–H and O–H groups in total. The predicted octanol–water partition coefficient (Wildman–Crippen LogP) is 2.14. The Morgan fingerprint density at radius 2 is 1.63 bits per heavy atom. The molecule has 2 aromatic rings. The summed E-state index contributed by atoms with van der Waals surface area (Å²) in [7, 11) is 4.71. The molecule has 0 radical (unpaired) electrons. The summed E-state index contributed by atoms with van der Waals surface area (Å²) in [5.41, 5.74) is 0.573. The van der Waals surface area contributed by atoms with Gasteiger partial charge in [-0.25, -0.2) is 0 Å². The Kier molecular flexibility index (Phi) is 8.73. The molecule has 2 heterocycles. The van der Waals surface area contributed by atoms with E-state index < -0.39 is 5.54 Å². The molecular weight excluding hydrogens is 488 g/mol. The van der Waals surface area contributed by atoms with Crippen LogP contribution in [-0.4, -0.2) is 93.8 Å². The molecule has 10 nitrogen and oxygen atoms in total. The third-order valence-electron chi connectivity index (χ3n) is 7.24. The SMILES string of the molecule is COCCCNC(=O)CN1CN(c2ccccc2)C2(CCN(C(=O)c3cc(OC)cc(OC)c3)CC2)C1=O. The molecular formula is C28H36N4O6. The van der Waals surface area contributed by atoms with Crippen LogP contribution in [-0.2, 0) is 14.3 Å². The zero-order valence-electron chi connectivity index (χ0n) is 22.3. The third-order valence-corrected chi connectivity index (χ3v) is 7.24. The number of piperidine rings is 1. The highest BCUT2D eigenvalue weighted by atomic mass is 16.5. The van der Waals surface area contributed by atoms with Gasteiger partial charge in [0.05, 0.1) is 20.9 Å². The van der Waals surface area contributed by atoms with Crippen molar-refractivity contribution in [3.63, 3.8) is 0 Å². The third kappa shape index (κ3) is 5.70. The lowest BCUT2D eigenvalue weighted by atomic mass is 9.85. The minimum Gasteiger partial charge on any atom is -0.497 e. The van der Waals surface area contributed by atoms with Crippen LogP contribution in [0, 0.1) is 0 Å². The highest BCUT2D eigenvalue weighted by Crippen LogP contribution is 2.39. The van der Waals surface area contributed by atoms with Crippen molar-refractivity contribution in [2.75, 3.05) is 65.7 Å². The monoisotopic (exact) mass is 524 g/mol. The van der Waals surface area contributed by atoms with Gasteiger partial charge in [-0.2, -0.15) is 0 Å². The average Bonchev–Trinajstić information content (AvgIpc) is 3.21. The maximum atomic E-state index is 13.8. The second kappa shape index (κ2) is 12.2. The molecule has 38 heavy (non-hydrogen) atoms. The molecule has 10 heteroatoms. The fourth-order valence-corrected chi connectivity index (χ4v) is 5.19. The molecule has 1 spiro atoms. The van der Waals surface area contributed by atoms with Crippen LogP contribution < -0.4 is 19.7 Å². The van der Waals surface area contributed by atoms with E-state index in [1.54, 1.807) is 49.3 Å². The number of ether oxygens (including phenoxy) is 3. The molecule has 3 amide bonds. The lowest BCUT2D eigenvalue weighted by Gasteiger charge is -2.43. The molecule has 0 atom stereocenters. The van der Waals surface area contributed by atoms with Crippen molar-refractivity contribution in [3.05, 3.63) is 54.1 Å². The molecule has 204 valence electrons. The van der Waals surface area contributed by atoms with E-state index in [2.05, 4.69) is 10.2 Å².